The molecule has 2 atom stereocenters. The molecule has 1 aliphatic heterocycles. The Morgan fingerprint density at radius 1 is 1.43 bits per heavy atom. The molecule has 1 amide bonds. The van der Waals surface area contributed by atoms with E-state index in [2.05, 4.69) is 19.2 Å². The molecular formula is C17H26N2O2. The highest BCUT2D eigenvalue weighted by molar-refractivity contribution is 5.79. The molecule has 2 unspecified atom stereocenters. The first-order valence-electron chi connectivity index (χ1n) is 7.78. The van der Waals surface area contributed by atoms with Crippen LogP contribution in [0, 0.1) is 5.92 Å². The summed E-state index contributed by atoms with van der Waals surface area (Å²) in [6, 6.07) is 8.28. The molecule has 1 heterocycles. The summed E-state index contributed by atoms with van der Waals surface area (Å²) in [7, 11) is 1.65. The van der Waals surface area contributed by atoms with Gasteiger partial charge in [0.15, 0.2) is 0 Å². The third-order valence-corrected chi connectivity index (χ3v) is 4.26. The lowest BCUT2D eigenvalue weighted by Gasteiger charge is -2.37. The molecule has 1 aromatic rings. The lowest BCUT2D eigenvalue weighted by Crippen LogP contribution is -2.50. The van der Waals surface area contributed by atoms with E-state index in [1.807, 2.05) is 29.2 Å². The van der Waals surface area contributed by atoms with Crippen molar-refractivity contribution in [2.24, 2.45) is 5.92 Å². The molecule has 1 saturated heterocycles. The Bertz CT molecular complexity index is 476. The van der Waals surface area contributed by atoms with Crippen molar-refractivity contribution in [3.05, 3.63) is 29.8 Å². The number of hydrogen-bond donors (Lipinski definition) is 1. The van der Waals surface area contributed by atoms with Gasteiger partial charge in [-0.2, -0.15) is 0 Å². The van der Waals surface area contributed by atoms with Gasteiger partial charge in [0.05, 0.1) is 13.5 Å². The van der Waals surface area contributed by atoms with Gasteiger partial charge in [0.1, 0.15) is 5.75 Å². The zero-order valence-corrected chi connectivity index (χ0v) is 13.3. The molecule has 1 fully saturated rings. The summed E-state index contributed by atoms with van der Waals surface area (Å²) >= 11 is 0. The molecule has 0 spiro atoms. The molecule has 0 saturated carbocycles. The average Bonchev–Trinajstić information content (AvgIpc) is 2.50. The standard InChI is InChI=1S/C17H26N2O2/c1-4-18-15-9-10-19(12-13(15)2)17(20)11-14-7-5-6-8-16(14)21-3/h5-8,13,15,18H,4,9-12H2,1-3H3. The molecule has 4 nitrogen and oxygen atoms in total. The maximum Gasteiger partial charge on any atom is 0.227 e. The van der Waals surface area contributed by atoms with Crippen LogP contribution in [0.3, 0.4) is 0 Å². The third-order valence-electron chi connectivity index (χ3n) is 4.26. The summed E-state index contributed by atoms with van der Waals surface area (Å²) in [5, 5.41) is 3.50. The maximum atomic E-state index is 12.5. The van der Waals surface area contributed by atoms with Gasteiger partial charge in [-0.15, -0.1) is 0 Å². The van der Waals surface area contributed by atoms with Crippen LogP contribution in [-0.4, -0.2) is 43.6 Å². The number of amides is 1. The Morgan fingerprint density at radius 3 is 2.86 bits per heavy atom. The summed E-state index contributed by atoms with van der Waals surface area (Å²) in [5.41, 5.74) is 0.964. The second-order valence-electron chi connectivity index (χ2n) is 5.76. The van der Waals surface area contributed by atoms with Crippen LogP contribution in [0.25, 0.3) is 0 Å². The summed E-state index contributed by atoms with van der Waals surface area (Å²) in [4.78, 5) is 14.5. The van der Waals surface area contributed by atoms with Crippen LogP contribution < -0.4 is 10.1 Å². The molecule has 21 heavy (non-hydrogen) atoms. The van der Waals surface area contributed by atoms with Crippen molar-refractivity contribution in [1.82, 2.24) is 10.2 Å². The fraction of sp³-hybridized carbons (Fsp3) is 0.588. The van der Waals surface area contributed by atoms with Crippen LogP contribution in [0.4, 0.5) is 0 Å². The summed E-state index contributed by atoms with van der Waals surface area (Å²) in [6.45, 7) is 7.02. The fourth-order valence-corrected chi connectivity index (χ4v) is 3.06. The van der Waals surface area contributed by atoms with E-state index < -0.39 is 0 Å². The SMILES string of the molecule is CCNC1CCN(C(=O)Cc2ccccc2OC)CC1C. The van der Waals surface area contributed by atoms with E-state index in [-0.39, 0.29) is 5.91 Å². The first-order chi connectivity index (χ1) is 10.2. The molecule has 1 aliphatic rings. The van der Waals surface area contributed by atoms with Crippen molar-refractivity contribution >= 4 is 5.91 Å². The number of carbonyl (C=O) groups is 1. The number of nitrogens with zero attached hydrogens (tertiary/aromatic N) is 1. The van der Waals surface area contributed by atoms with Crippen LogP contribution in [0.1, 0.15) is 25.8 Å². The third kappa shape index (κ3) is 3.97. The second-order valence-corrected chi connectivity index (χ2v) is 5.76. The van der Waals surface area contributed by atoms with Crippen molar-refractivity contribution in [3.63, 3.8) is 0 Å². The molecule has 1 aromatic carbocycles. The lowest BCUT2D eigenvalue weighted by atomic mass is 9.93. The Balaban J connectivity index is 1.95. The predicted octanol–water partition coefficient (Wildman–Crippen LogP) is 2.08. The topological polar surface area (TPSA) is 41.6 Å². The number of likely N-dealkylation sites (tertiary alicyclic amines) is 1. The van der Waals surface area contributed by atoms with E-state index >= 15 is 0 Å². The Kier molecular flexibility index (Phi) is 5.62. The molecule has 0 aliphatic carbocycles. The highest BCUT2D eigenvalue weighted by atomic mass is 16.5. The smallest absolute Gasteiger partial charge is 0.227 e. The Morgan fingerprint density at radius 2 is 2.19 bits per heavy atom. The molecule has 4 heteroatoms. The predicted molar refractivity (Wildman–Crippen MR) is 84.5 cm³/mol. The molecule has 0 bridgehead atoms. The van der Waals surface area contributed by atoms with Crippen molar-refractivity contribution in [1.29, 1.82) is 0 Å². The van der Waals surface area contributed by atoms with Gasteiger partial charge in [-0.3, -0.25) is 4.79 Å². The van der Waals surface area contributed by atoms with Crippen molar-refractivity contribution in [2.75, 3.05) is 26.7 Å². The maximum absolute atomic E-state index is 12.5. The van der Waals surface area contributed by atoms with Crippen molar-refractivity contribution in [3.8, 4) is 5.75 Å². The van der Waals surface area contributed by atoms with Crippen LogP contribution in [0.5, 0.6) is 5.75 Å². The van der Waals surface area contributed by atoms with Crippen LogP contribution in [0.15, 0.2) is 24.3 Å². The van der Waals surface area contributed by atoms with Crippen LogP contribution in [-0.2, 0) is 11.2 Å². The Labute approximate surface area is 127 Å². The van der Waals surface area contributed by atoms with Gasteiger partial charge in [-0.25, -0.2) is 0 Å². The molecule has 2 rings (SSSR count). The van der Waals surface area contributed by atoms with E-state index in [4.69, 9.17) is 4.74 Å². The number of rotatable bonds is 5. The van der Waals surface area contributed by atoms with E-state index in [0.29, 0.717) is 18.4 Å². The van der Waals surface area contributed by atoms with E-state index in [1.54, 1.807) is 7.11 Å². The molecular weight excluding hydrogens is 264 g/mol. The second kappa shape index (κ2) is 7.46. The van der Waals surface area contributed by atoms with E-state index in [9.17, 15) is 4.79 Å². The van der Waals surface area contributed by atoms with Gasteiger partial charge < -0.3 is 15.0 Å². The number of nitrogens with one attached hydrogen (secondary N) is 1. The van der Waals surface area contributed by atoms with Gasteiger partial charge in [0.25, 0.3) is 0 Å². The number of carbonyl (C=O) groups excluding carboxylic acids is 1. The normalized spacial score (nSPS) is 22.1. The van der Waals surface area contributed by atoms with E-state index in [1.165, 1.54) is 0 Å². The quantitative estimate of drug-likeness (QED) is 0.903. The van der Waals surface area contributed by atoms with Crippen LogP contribution >= 0.6 is 0 Å². The minimum atomic E-state index is 0.196. The number of para-hydroxylation sites is 1. The van der Waals surface area contributed by atoms with E-state index in [0.717, 1.165) is 37.4 Å². The Hall–Kier alpha value is -1.55. The number of piperidine rings is 1. The molecule has 0 radical (unpaired) electrons. The first-order valence-corrected chi connectivity index (χ1v) is 7.78. The minimum absolute atomic E-state index is 0.196. The van der Waals surface area contributed by atoms with Gasteiger partial charge >= 0.3 is 0 Å². The number of benzene rings is 1. The van der Waals surface area contributed by atoms with Gasteiger partial charge in [0, 0.05) is 24.7 Å². The zero-order chi connectivity index (χ0) is 15.2. The lowest BCUT2D eigenvalue weighted by molar-refractivity contribution is -0.132. The van der Waals surface area contributed by atoms with Crippen LogP contribution in [0.2, 0.25) is 0 Å². The minimum Gasteiger partial charge on any atom is -0.496 e. The first kappa shape index (κ1) is 15.8. The monoisotopic (exact) mass is 290 g/mol. The van der Waals surface area contributed by atoms with Gasteiger partial charge in [-0.05, 0) is 24.9 Å². The zero-order valence-electron chi connectivity index (χ0n) is 13.3. The highest BCUT2D eigenvalue weighted by Gasteiger charge is 2.28. The molecule has 0 aromatic heterocycles. The molecule has 1 N–H and O–H groups in total. The number of methoxy groups -OCH3 is 1. The number of hydrogen-bond acceptors (Lipinski definition) is 3. The summed E-state index contributed by atoms with van der Waals surface area (Å²) in [6.07, 6.45) is 1.45. The van der Waals surface area contributed by atoms with Crippen molar-refractivity contribution in [2.45, 2.75) is 32.7 Å². The summed E-state index contributed by atoms with van der Waals surface area (Å²) in [5.74, 6) is 1.49. The molecule has 116 valence electrons. The highest BCUT2D eigenvalue weighted by Crippen LogP contribution is 2.21. The largest absolute Gasteiger partial charge is 0.496 e. The number of ether oxygens (including phenoxy) is 1. The average molecular weight is 290 g/mol. The fourth-order valence-electron chi connectivity index (χ4n) is 3.06. The van der Waals surface area contributed by atoms with Gasteiger partial charge in [-0.1, -0.05) is 32.0 Å². The summed E-state index contributed by atoms with van der Waals surface area (Å²) < 4.78 is 5.32. The van der Waals surface area contributed by atoms with Gasteiger partial charge in [0.2, 0.25) is 5.91 Å². The van der Waals surface area contributed by atoms with Crippen molar-refractivity contribution < 1.29 is 9.53 Å².